The molecule has 0 radical (unpaired) electrons. The van der Waals surface area contributed by atoms with Crippen LogP contribution < -0.4 is 0 Å². The number of fused-ring (bicyclic) bond motifs is 2. The second-order valence-electron chi connectivity index (χ2n) is 4.42. The number of hydrogen-bond acceptors (Lipinski definition) is 9. The highest BCUT2D eigenvalue weighted by Gasteiger charge is 2.68. The summed E-state index contributed by atoms with van der Waals surface area (Å²) in [4.78, 5) is 39.5. The molecule has 2 N–H and O–H groups in total. The van der Waals surface area contributed by atoms with Gasteiger partial charge in [0.15, 0.2) is 11.7 Å². The van der Waals surface area contributed by atoms with E-state index in [9.17, 15) is 24.6 Å². The molecular formula is C9H9NO8. The molecule has 1 spiro atoms. The summed E-state index contributed by atoms with van der Waals surface area (Å²) in [5.41, 5.74) is -2.32. The maximum absolute atomic E-state index is 11.7. The van der Waals surface area contributed by atoms with E-state index in [1.54, 1.807) is 0 Å². The zero-order chi connectivity index (χ0) is 13.1. The van der Waals surface area contributed by atoms with Crippen molar-refractivity contribution in [3.63, 3.8) is 0 Å². The summed E-state index contributed by atoms with van der Waals surface area (Å²) in [5.74, 6) is -5.25. The van der Waals surface area contributed by atoms with Crippen molar-refractivity contribution in [2.24, 2.45) is 0 Å². The van der Waals surface area contributed by atoms with E-state index < -0.39 is 48.4 Å². The molecule has 3 unspecified atom stereocenters. The molecule has 98 valence electrons. The van der Waals surface area contributed by atoms with Gasteiger partial charge in [-0.1, -0.05) is 5.06 Å². The topological polar surface area (TPSA) is 123 Å². The molecule has 3 atom stereocenters. The number of hydrogen-bond donors (Lipinski definition) is 2. The van der Waals surface area contributed by atoms with Gasteiger partial charge in [-0.15, -0.1) is 0 Å². The van der Waals surface area contributed by atoms with E-state index in [4.69, 9.17) is 14.3 Å². The van der Waals surface area contributed by atoms with Crippen LogP contribution in [0.5, 0.6) is 0 Å². The number of aliphatic hydroxyl groups is 2. The van der Waals surface area contributed by atoms with Crippen molar-refractivity contribution < 1.29 is 38.9 Å². The molecule has 18 heavy (non-hydrogen) atoms. The Hall–Kier alpha value is -1.71. The van der Waals surface area contributed by atoms with Gasteiger partial charge in [-0.25, -0.2) is 4.79 Å². The summed E-state index contributed by atoms with van der Waals surface area (Å²) in [7, 11) is 0. The van der Waals surface area contributed by atoms with Crippen LogP contribution in [-0.4, -0.2) is 57.3 Å². The normalized spacial score (nSPS) is 43.7. The van der Waals surface area contributed by atoms with Gasteiger partial charge in [0.1, 0.15) is 0 Å². The smallest absolute Gasteiger partial charge is 0.380 e. The first kappa shape index (κ1) is 11.4. The van der Waals surface area contributed by atoms with E-state index in [1.165, 1.54) is 0 Å². The third-order valence-electron chi connectivity index (χ3n) is 3.07. The highest BCUT2D eigenvalue weighted by atomic mass is 16.9. The molecule has 3 rings (SSSR count). The molecular weight excluding hydrogens is 250 g/mol. The third-order valence-corrected chi connectivity index (χ3v) is 3.07. The van der Waals surface area contributed by atoms with Crippen molar-refractivity contribution >= 4 is 17.9 Å². The molecule has 0 saturated carbocycles. The van der Waals surface area contributed by atoms with Crippen molar-refractivity contribution in [1.82, 2.24) is 5.06 Å². The van der Waals surface area contributed by atoms with Crippen molar-refractivity contribution in [2.75, 3.05) is 6.54 Å². The predicted molar refractivity (Wildman–Crippen MR) is 47.9 cm³/mol. The number of carbonyl (C=O) groups is 3. The number of nitrogens with zero attached hydrogens (tertiary/aromatic N) is 1. The van der Waals surface area contributed by atoms with Gasteiger partial charge in [-0.2, -0.15) is 0 Å². The molecule has 3 aliphatic rings. The molecule has 3 saturated heterocycles. The second kappa shape index (κ2) is 3.19. The van der Waals surface area contributed by atoms with E-state index in [2.05, 4.69) is 0 Å². The fourth-order valence-electron chi connectivity index (χ4n) is 2.08. The van der Waals surface area contributed by atoms with Crippen molar-refractivity contribution in [2.45, 2.75) is 30.5 Å². The van der Waals surface area contributed by atoms with Crippen LogP contribution in [0, 0.1) is 0 Å². The lowest BCUT2D eigenvalue weighted by Gasteiger charge is -2.50. The molecule has 0 aromatic rings. The third kappa shape index (κ3) is 1.29. The van der Waals surface area contributed by atoms with E-state index >= 15 is 0 Å². The number of carbonyl (C=O) groups excluding carboxylic acids is 3. The highest BCUT2D eigenvalue weighted by Crippen LogP contribution is 2.41. The van der Waals surface area contributed by atoms with Crippen LogP contribution in [0.2, 0.25) is 0 Å². The SMILES string of the molecule is O=C1CC2(O)CC(=O)OC3(OC2=O)C(O)CN3O1. The Kier molecular flexibility index (Phi) is 2.02. The summed E-state index contributed by atoms with van der Waals surface area (Å²) >= 11 is 0. The van der Waals surface area contributed by atoms with Gasteiger partial charge in [0.25, 0.3) is 0 Å². The largest absolute Gasteiger partial charge is 0.404 e. The lowest BCUT2D eigenvalue weighted by atomic mass is 9.96. The summed E-state index contributed by atoms with van der Waals surface area (Å²) in [5, 5.41) is 20.3. The molecule has 0 amide bonds. The van der Waals surface area contributed by atoms with Gasteiger partial charge in [0, 0.05) is 0 Å². The van der Waals surface area contributed by atoms with Crippen molar-refractivity contribution in [3.05, 3.63) is 0 Å². The monoisotopic (exact) mass is 259 g/mol. The molecule has 0 aromatic heterocycles. The fourth-order valence-corrected chi connectivity index (χ4v) is 2.08. The predicted octanol–water partition coefficient (Wildman–Crippen LogP) is -2.60. The Labute approximate surface area is 99.8 Å². The Balaban J connectivity index is 2.08. The Morgan fingerprint density at radius 1 is 1.17 bits per heavy atom. The average molecular weight is 259 g/mol. The molecule has 2 bridgehead atoms. The minimum absolute atomic E-state index is 0.162. The number of aliphatic hydroxyl groups excluding tert-OH is 1. The minimum Gasteiger partial charge on any atom is -0.404 e. The van der Waals surface area contributed by atoms with Crippen molar-refractivity contribution in [1.29, 1.82) is 0 Å². The summed E-state index contributed by atoms with van der Waals surface area (Å²) in [6.45, 7) is -0.162. The van der Waals surface area contributed by atoms with E-state index in [0.29, 0.717) is 0 Å². The van der Waals surface area contributed by atoms with Gasteiger partial charge in [-0.05, 0) is 0 Å². The van der Waals surface area contributed by atoms with Crippen LogP contribution in [0.15, 0.2) is 0 Å². The van der Waals surface area contributed by atoms with Gasteiger partial charge >= 0.3 is 23.8 Å². The first-order valence-electron chi connectivity index (χ1n) is 5.20. The zero-order valence-corrected chi connectivity index (χ0v) is 8.99. The van der Waals surface area contributed by atoms with Crippen molar-refractivity contribution in [3.8, 4) is 0 Å². The second-order valence-corrected chi connectivity index (χ2v) is 4.42. The minimum atomic E-state index is -2.32. The first-order chi connectivity index (χ1) is 8.36. The summed E-state index contributed by atoms with van der Waals surface area (Å²) < 4.78 is 9.60. The number of esters is 2. The lowest BCUT2D eigenvalue weighted by molar-refractivity contribution is -0.451. The molecule has 3 fully saturated rings. The fraction of sp³-hybridized carbons (Fsp3) is 0.667. The maximum Gasteiger partial charge on any atom is 0.380 e. The number of ether oxygens (including phenoxy) is 2. The van der Waals surface area contributed by atoms with E-state index in [-0.39, 0.29) is 6.54 Å². The van der Waals surface area contributed by atoms with E-state index in [0.717, 1.165) is 5.06 Å². The molecule has 9 nitrogen and oxygen atoms in total. The standard InChI is InChI=1S/C9H9NO8/c11-4-3-10-9(4)16-5(12)1-8(15,7(14)17-9)2-6(13)18-10/h4,11,15H,1-3H2. The van der Waals surface area contributed by atoms with Crippen LogP contribution in [0.3, 0.4) is 0 Å². The van der Waals surface area contributed by atoms with Gasteiger partial charge in [0.05, 0.1) is 19.4 Å². The molecule has 0 aliphatic carbocycles. The Bertz CT molecular complexity index is 463. The molecule has 0 aromatic carbocycles. The maximum atomic E-state index is 11.7. The van der Waals surface area contributed by atoms with Crippen LogP contribution in [0.4, 0.5) is 0 Å². The van der Waals surface area contributed by atoms with Crippen LogP contribution >= 0.6 is 0 Å². The molecule has 3 aliphatic heterocycles. The Morgan fingerprint density at radius 3 is 2.50 bits per heavy atom. The summed E-state index contributed by atoms with van der Waals surface area (Å²) in [6.07, 6.45) is -2.80. The van der Waals surface area contributed by atoms with Gasteiger partial charge in [0.2, 0.25) is 0 Å². The van der Waals surface area contributed by atoms with E-state index in [1.807, 2.05) is 0 Å². The average Bonchev–Trinajstić information content (AvgIpc) is 2.33. The lowest BCUT2D eigenvalue weighted by Crippen LogP contribution is -2.74. The quantitative estimate of drug-likeness (QED) is 0.451. The summed E-state index contributed by atoms with van der Waals surface area (Å²) in [6, 6.07) is 0. The number of hydroxylamine groups is 2. The van der Waals surface area contributed by atoms with Gasteiger partial charge < -0.3 is 24.5 Å². The van der Waals surface area contributed by atoms with Gasteiger partial charge in [-0.3, -0.25) is 9.59 Å². The van der Waals surface area contributed by atoms with Crippen LogP contribution in [0.25, 0.3) is 0 Å². The first-order valence-corrected chi connectivity index (χ1v) is 5.20. The molecule has 9 heteroatoms. The number of rotatable bonds is 0. The zero-order valence-electron chi connectivity index (χ0n) is 8.99. The van der Waals surface area contributed by atoms with Crippen LogP contribution in [0.1, 0.15) is 12.8 Å². The van der Waals surface area contributed by atoms with Crippen LogP contribution in [-0.2, 0) is 28.7 Å². The Morgan fingerprint density at radius 2 is 1.83 bits per heavy atom. The highest BCUT2D eigenvalue weighted by molar-refractivity contribution is 5.92. The molecule has 3 heterocycles.